The van der Waals surface area contributed by atoms with Gasteiger partial charge in [-0.1, -0.05) is 30.7 Å². The van der Waals surface area contributed by atoms with Gasteiger partial charge in [0, 0.05) is 18.5 Å². The average molecular weight is 175 g/mol. The molecule has 1 fully saturated rings. The molecular formula is C12H17N. The number of hydrogen-bond acceptors (Lipinski definition) is 1. The molecule has 0 unspecified atom stereocenters. The Morgan fingerprint density at radius 2 is 1.92 bits per heavy atom. The molecule has 1 aliphatic heterocycles. The van der Waals surface area contributed by atoms with E-state index in [1.807, 2.05) is 0 Å². The maximum atomic E-state index is 3.34. The molecule has 0 spiro atoms. The summed E-state index contributed by atoms with van der Waals surface area (Å²) in [7, 11) is 0. The fraction of sp³-hybridized carbons (Fsp3) is 0.500. The van der Waals surface area contributed by atoms with Gasteiger partial charge in [-0.2, -0.15) is 0 Å². The summed E-state index contributed by atoms with van der Waals surface area (Å²) in [6.07, 6.45) is 0. The zero-order valence-electron chi connectivity index (χ0n) is 8.65. The Kier molecular flexibility index (Phi) is 1.92. The van der Waals surface area contributed by atoms with Crippen LogP contribution in [-0.2, 0) is 5.41 Å². The molecule has 1 aliphatic rings. The highest BCUT2D eigenvalue weighted by Gasteiger charge is 2.34. The van der Waals surface area contributed by atoms with Crippen molar-refractivity contribution in [3.8, 4) is 0 Å². The van der Waals surface area contributed by atoms with E-state index in [0.29, 0.717) is 5.41 Å². The minimum absolute atomic E-state index is 0.387. The van der Waals surface area contributed by atoms with Gasteiger partial charge in [0.2, 0.25) is 0 Å². The van der Waals surface area contributed by atoms with Crippen molar-refractivity contribution in [3.05, 3.63) is 34.9 Å². The van der Waals surface area contributed by atoms with Gasteiger partial charge < -0.3 is 5.32 Å². The van der Waals surface area contributed by atoms with Gasteiger partial charge in [-0.25, -0.2) is 0 Å². The molecular weight excluding hydrogens is 158 g/mol. The Bertz CT molecular complexity index is 324. The Hall–Kier alpha value is -0.820. The third-order valence-electron chi connectivity index (χ3n) is 3.06. The van der Waals surface area contributed by atoms with Crippen LogP contribution in [0.1, 0.15) is 23.6 Å². The van der Waals surface area contributed by atoms with Crippen LogP contribution in [0.4, 0.5) is 0 Å². The van der Waals surface area contributed by atoms with Crippen molar-refractivity contribution in [1.82, 2.24) is 5.32 Å². The summed E-state index contributed by atoms with van der Waals surface area (Å²) in [5, 5.41) is 3.34. The van der Waals surface area contributed by atoms with Crippen molar-refractivity contribution in [1.29, 1.82) is 0 Å². The van der Waals surface area contributed by atoms with E-state index in [1.165, 1.54) is 16.7 Å². The Morgan fingerprint density at radius 1 is 1.23 bits per heavy atom. The monoisotopic (exact) mass is 175 g/mol. The molecule has 1 aromatic rings. The number of benzene rings is 1. The number of rotatable bonds is 1. The molecule has 13 heavy (non-hydrogen) atoms. The van der Waals surface area contributed by atoms with E-state index in [-0.39, 0.29) is 0 Å². The van der Waals surface area contributed by atoms with E-state index in [0.717, 1.165) is 13.1 Å². The molecule has 1 nitrogen and oxygen atoms in total. The van der Waals surface area contributed by atoms with Crippen LogP contribution in [0.2, 0.25) is 0 Å². The lowest BCUT2D eigenvalue weighted by atomic mass is 9.75. The molecule has 0 amide bonds. The highest BCUT2D eigenvalue weighted by Crippen LogP contribution is 2.30. The highest BCUT2D eigenvalue weighted by molar-refractivity contribution is 5.38. The van der Waals surface area contributed by atoms with Gasteiger partial charge in [-0.05, 0) is 25.0 Å². The summed E-state index contributed by atoms with van der Waals surface area (Å²) < 4.78 is 0. The van der Waals surface area contributed by atoms with E-state index in [4.69, 9.17) is 0 Å². The standard InChI is InChI=1S/C12H17N/c1-9-4-5-11(10(2)6-9)12(3)7-13-8-12/h4-6,13H,7-8H2,1-3H3. The fourth-order valence-electron chi connectivity index (χ4n) is 2.18. The third-order valence-corrected chi connectivity index (χ3v) is 3.06. The van der Waals surface area contributed by atoms with Crippen molar-refractivity contribution in [2.24, 2.45) is 0 Å². The molecule has 1 heterocycles. The first-order valence-electron chi connectivity index (χ1n) is 4.90. The van der Waals surface area contributed by atoms with Gasteiger partial charge in [0.05, 0.1) is 0 Å². The summed E-state index contributed by atoms with van der Waals surface area (Å²) in [5.74, 6) is 0. The molecule has 1 N–H and O–H groups in total. The molecule has 0 saturated carbocycles. The molecule has 0 atom stereocenters. The zero-order chi connectivity index (χ0) is 9.47. The van der Waals surface area contributed by atoms with Gasteiger partial charge in [0.25, 0.3) is 0 Å². The Morgan fingerprint density at radius 3 is 2.38 bits per heavy atom. The normalized spacial score (nSPS) is 19.6. The first-order chi connectivity index (χ1) is 6.12. The van der Waals surface area contributed by atoms with E-state index < -0.39 is 0 Å². The first kappa shape index (κ1) is 8.76. The highest BCUT2D eigenvalue weighted by atomic mass is 15.0. The molecule has 70 valence electrons. The van der Waals surface area contributed by atoms with Crippen LogP contribution in [0.15, 0.2) is 18.2 Å². The van der Waals surface area contributed by atoms with Crippen LogP contribution in [0.25, 0.3) is 0 Å². The zero-order valence-corrected chi connectivity index (χ0v) is 8.65. The molecule has 0 aromatic heterocycles. The molecule has 1 aromatic carbocycles. The van der Waals surface area contributed by atoms with E-state index >= 15 is 0 Å². The lowest BCUT2D eigenvalue weighted by Gasteiger charge is -2.41. The third kappa shape index (κ3) is 1.37. The van der Waals surface area contributed by atoms with Gasteiger partial charge in [0.1, 0.15) is 0 Å². The van der Waals surface area contributed by atoms with E-state index in [9.17, 15) is 0 Å². The van der Waals surface area contributed by atoms with Gasteiger partial charge >= 0.3 is 0 Å². The topological polar surface area (TPSA) is 12.0 Å². The van der Waals surface area contributed by atoms with Crippen LogP contribution in [0.5, 0.6) is 0 Å². The van der Waals surface area contributed by atoms with Crippen LogP contribution < -0.4 is 5.32 Å². The van der Waals surface area contributed by atoms with Crippen molar-refractivity contribution >= 4 is 0 Å². The van der Waals surface area contributed by atoms with E-state index in [2.05, 4.69) is 44.3 Å². The second-order valence-corrected chi connectivity index (χ2v) is 4.48. The predicted octanol–water partition coefficient (Wildman–Crippen LogP) is 2.16. The molecule has 1 saturated heterocycles. The average Bonchev–Trinajstić information content (AvgIpc) is 2.00. The van der Waals surface area contributed by atoms with Gasteiger partial charge in [-0.15, -0.1) is 0 Å². The van der Waals surface area contributed by atoms with Crippen LogP contribution in [0, 0.1) is 13.8 Å². The fourth-order valence-corrected chi connectivity index (χ4v) is 2.18. The summed E-state index contributed by atoms with van der Waals surface area (Å²) in [6.45, 7) is 8.94. The first-order valence-corrected chi connectivity index (χ1v) is 4.90. The maximum absolute atomic E-state index is 3.34. The molecule has 0 radical (unpaired) electrons. The van der Waals surface area contributed by atoms with Gasteiger partial charge in [0.15, 0.2) is 0 Å². The van der Waals surface area contributed by atoms with E-state index in [1.54, 1.807) is 0 Å². The Labute approximate surface area is 80.2 Å². The lowest BCUT2D eigenvalue weighted by Crippen LogP contribution is -2.55. The SMILES string of the molecule is Cc1ccc(C2(C)CNC2)c(C)c1. The molecule has 0 aliphatic carbocycles. The molecule has 1 heteroatoms. The minimum Gasteiger partial charge on any atom is -0.315 e. The number of aryl methyl sites for hydroxylation is 2. The number of hydrogen-bond donors (Lipinski definition) is 1. The Balaban J connectivity index is 2.40. The van der Waals surface area contributed by atoms with Crippen molar-refractivity contribution in [3.63, 3.8) is 0 Å². The second kappa shape index (κ2) is 2.85. The van der Waals surface area contributed by atoms with Crippen LogP contribution in [0.3, 0.4) is 0 Å². The minimum atomic E-state index is 0.387. The summed E-state index contributed by atoms with van der Waals surface area (Å²) in [6, 6.07) is 6.77. The van der Waals surface area contributed by atoms with Crippen LogP contribution in [-0.4, -0.2) is 13.1 Å². The second-order valence-electron chi connectivity index (χ2n) is 4.48. The molecule has 2 rings (SSSR count). The summed E-state index contributed by atoms with van der Waals surface area (Å²) >= 11 is 0. The van der Waals surface area contributed by atoms with Crippen molar-refractivity contribution in [2.45, 2.75) is 26.2 Å². The summed E-state index contributed by atoms with van der Waals surface area (Å²) in [4.78, 5) is 0. The van der Waals surface area contributed by atoms with Gasteiger partial charge in [-0.3, -0.25) is 0 Å². The van der Waals surface area contributed by atoms with Crippen LogP contribution >= 0.6 is 0 Å². The smallest absolute Gasteiger partial charge is 0.0177 e. The van der Waals surface area contributed by atoms with Crippen molar-refractivity contribution in [2.75, 3.05) is 13.1 Å². The largest absolute Gasteiger partial charge is 0.315 e. The lowest BCUT2D eigenvalue weighted by molar-refractivity contribution is 0.304. The molecule has 0 bridgehead atoms. The van der Waals surface area contributed by atoms with Crippen molar-refractivity contribution < 1.29 is 0 Å². The predicted molar refractivity (Wildman–Crippen MR) is 56.1 cm³/mol. The number of nitrogens with one attached hydrogen (secondary N) is 1. The summed E-state index contributed by atoms with van der Waals surface area (Å²) in [5.41, 5.74) is 4.69. The maximum Gasteiger partial charge on any atom is 0.0177 e. The quantitative estimate of drug-likeness (QED) is 0.689.